The van der Waals surface area contributed by atoms with E-state index in [4.69, 9.17) is 21.4 Å². The Kier molecular flexibility index (Phi) is 4.71. The highest BCUT2D eigenvalue weighted by Crippen LogP contribution is 2.39. The molecular weight excluding hydrogens is 414 g/mol. The van der Waals surface area contributed by atoms with Gasteiger partial charge in [-0.15, -0.1) is 0 Å². The number of anilines is 2. The minimum absolute atomic E-state index is 0.315. The Balaban J connectivity index is 1.62. The number of methoxy groups -OCH3 is 1. The molecule has 1 fully saturated rings. The second-order valence-electron chi connectivity index (χ2n) is 7.31. The number of hydrogen-bond donors (Lipinski definition) is 0. The Morgan fingerprint density at radius 1 is 0.871 bits per heavy atom. The lowest BCUT2D eigenvalue weighted by atomic mass is 9.93. The molecule has 0 aliphatic carbocycles. The molecule has 2 amide bonds. The van der Waals surface area contributed by atoms with E-state index in [0.29, 0.717) is 22.2 Å². The van der Waals surface area contributed by atoms with E-state index < -0.39 is 12.0 Å². The maximum atomic E-state index is 13.5. The van der Waals surface area contributed by atoms with Gasteiger partial charge < -0.3 is 4.74 Å². The predicted octanol–water partition coefficient (Wildman–Crippen LogP) is 4.13. The summed E-state index contributed by atoms with van der Waals surface area (Å²) in [5.41, 5.74) is 2.52. The van der Waals surface area contributed by atoms with E-state index in [1.807, 2.05) is 54.6 Å². The lowest BCUT2D eigenvalue weighted by molar-refractivity contribution is -0.121. The van der Waals surface area contributed by atoms with E-state index in [9.17, 15) is 9.59 Å². The normalized spacial score (nSPS) is 20.1. The monoisotopic (exact) mass is 431 g/mol. The highest BCUT2D eigenvalue weighted by atomic mass is 35.5. The number of hydrazone groups is 1. The van der Waals surface area contributed by atoms with Crippen molar-refractivity contribution in [3.63, 3.8) is 0 Å². The number of hydrogen-bond acceptors (Lipinski definition) is 5. The van der Waals surface area contributed by atoms with Crippen LogP contribution in [0.2, 0.25) is 5.02 Å². The van der Waals surface area contributed by atoms with Crippen LogP contribution in [0.15, 0.2) is 84.0 Å². The van der Waals surface area contributed by atoms with Crippen molar-refractivity contribution in [1.29, 1.82) is 0 Å². The number of ether oxygens (including phenoxy) is 1. The summed E-state index contributed by atoms with van der Waals surface area (Å²) in [5.74, 6) is -0.660. The SMILES string of the molecule is COc1ccc(C2=NN(c3ccccc3)[C@H]3C(=O)N(c4cccc(Cl)c4)C(=O)[C@@H]23)cc1. The van der Waals surface area contributed by atoms with Gasteiger partial charge >= 0.3 is 0 Å². The molecule has 1 saturated heterocycles. The number of halogens is 1. The van der Waals surface area contributed by atoms with Gasteiger partial charge in [0.2, 0.25) is 5.91 Å². The van der Waals surface area contributed by atoms with Crippen molar-refractivity contribution in [2.75, 3.05) is 17.0 Å². The van der Waals surface area contributed by atoms with Gasteiger partial charge in [0.25, 0.3) is 5.91 Å². The van der Waals surface area contributed by atoms with Crippen molar-refractivity contribution in [1.82, 2.24) is 0 Å². The summed E-state index contributed by atoms with van der Waals surface area (Å²) in [5, 5.41) is 6.84. The number of amides is 2. The molecule has 0 bridgehead atoms. The average molecular weight is 432 g/mol. The topological polar surface area (TPSA) is 62.2 Å². The van der Waals surface area contributed by atoms with Gasteiger partial charge in [0.1, 0.15) is 17.7 Å². The van der Waals surface area contributed by atoms with Gasteiger partial charge in [-0.05, 0) is 60.2 Å². The van der Waals surface area contributed by atoms with Crippen LogP contribution in [0.3, 0.4) is 0 Å². The first-order chi connectivity index (χ1) is 15.1. The quantitative estimate of drug-likeness (QED) is 0.583. The zero-order valence-electron chi connectivity index (χ0n) is 16.6. The van der Waals surface area contributed by atoms with Crippen molar-refractivity contribution in [2.24, 2.45) is 11.0 Å². The summed E-state index contributed by atoms with van der Waals surface area (Å²) in [7, 11) is 1.59. The Labute approximate surface area is 184 Å². The first kappa shape index (κ1) is 19.3. The Morgan fingerprint density at radius 3 is 2.26 bits per heavy atom. The van der Waals surface area contributed by atoms with E-state index in [-0.39, 0.29) is 11.8 Å². The fraction of sp³-hybridized carbons (Fsp3) is 0.125. The van der Waals surface area contributed by atoms with Crippen molar-refractivity contribution < 1.29 is 14.3 Å². The Hall–Kier alpha value is -3.64. The summed E-state index contributed by atoms with van der Waals surface area (Å²) in [6, 6.07) is 22.7. The van der Waals surface area contributed by atoms with Gasteiger partial charge in [-0.25, -0.2) is 4.90 Å². The summed E-state index contributed by atoms with van der Waals surface area (Å²) in [4.78, 5) is 28.2. The van der Waals surface area contributed by atoms with Gasteiger partial charge in [-0.2, -0.15) is 5.10 Å². The summed E-state index contributed by atoms with van der Waals surface area (Å²) < 4.78 is 5.24. The molecular formula is C24H18ClN3O3. The third-order valence-corrected chi connectivity index (χ3v) is 5.76. The molecule has 154 valence electrons. The molecule has 5 rings (SSSR count). The summed E-state index contributed by atoms with van der Waals surface area (Å²) >= 11 is 6.12. The maximum absolute atomic E-state index is 13.5. The predicted molar refractivity (Wildman–Crippen MR) is 120 cm³/mol. The second-order valence-corrected chi connectivity index (χ2v) is 7.74. The highest BCUT2D eigenvalue weighted by molar-refractivity contribution is 6.35. The van der Waals surface area contributed by atoms with Crippen LogP contribution >= 0.6 is 11.6 Å². The first-order valence-electron chi connectivity index (χ1n) is 9.79. The molecule has 2 atom stereocenters. The van der Waals surface area contributed by atoms with Gasteiger partial charge in [0, 0.05) is 5.02 Å². The van der Waals surface area contributed by atoms with E-state index in [1.54, 1.807) is 36.4 Å². The molecule has 2 aliphatic heterocycles. The Morgan fingerprint density at radius 2 is 1.58 bits per heavy atom. The van der Waals surface area contributed by atoms with Gasteiger partial charge in [-0.1, -0.05) is 35.9 Å². The molecule has 2 heterocycles. The van der Waals surface area contributed by atoms with Gasteiger partial charge in [0.15, 0.2) is 0 Å². The van der Waals surface area contributed by atoms with Crippen LogP contribution in [-0.2, 0) is 9.59 Å². The van der Waals surface area contributed by atoms with Gasteiger partial charge in [0.05, 0.1) is 24.2 Å². The van der Waals surface area contributed by atoms with Crippen LogP contribution in [-0.4, -0.2) is 30.7 Å². The minimum atomic E-state index is -0.758. The molecule has 3 aromatic carbocycles. The van der Waals surface area contributed by atoms with Crippen molar-refractivity contribution >= 4 is 40.5 Å². The first-order valence-corrected chi connectivity index (χ1v) is 10.2. The smallest absolute Gasteiger partial charge is 0.259 e. The zero-order valence-corrected chi connectivity index (χ0v) is 17.4. The van der Waals surface area contributed by atoms with Crippen LogP contribution in [0.1, 0.15) is 5.56 Å². The number of nitrogens with zero attached hydrogens (tertiary/aromatic N) is 3. The number of para-hydroxylation sites is 1. The number of rotatable bonds is 4. The highest BCUT2D eigenvalue weighted by Gasteiger charge is 2.57. The maximum Gasteiger partial charge on any atom is 0.259 e. The zero-order chi connectivity index (χ0) is 21.5. The molecule has 0 spiro atoms. The molecule has 3 aromatic rings. The number of carbonyl (C=O) groups is 2. The van der Waals surface area contributed by atoms with E-state index in [2.05, 4.69) is 0 Å². The van der Waals surface area contributed by atoms with Crippen LogP contribution in [0.4, 0.5) is 11.4 Å². The number of fused-ring (bicyclic) bond motifs is 1. The molecule has 7 heteroatoms. The molecule has 31 heavy (non-hydrogen) atoms. The lowest BCUT2D eigenvalue weighted by Crippen LogP contribution is -2.39. The molecule has 0 unspecified atom stereocenters. The standard InChI is InChI=1S/C24H18ClN3O3/c1-31-19-12-10-15(11-13-19)21-20-22(28(26-21)17-7-3-2-4-8-17)24(30)27(23(20)29)18-9-5-6-16(25)14-18/h2-14,20,22H,1H3/t20-,22+/m0/s1. The fourth-order valence-corrected chi connectivity index (χ4v) is 4.26. The molecule has 6 nitrogen and oxygen atoms in total. The number of benzene rings is 3. The van der Waals surface area contributed by atoms with Gasteiger partial charge in [-0.3, -0.25) is 14.6 Å². The van der Waals surface area contributed by atoms with Crippen LogP contribution in [0.5, 0.6) is 5.75 Å². The molecule has 0 radical (unpaired) electrons. The summed E-state index contributed by atoms with van der Waals surface area (Å²) in [6.07, 6.45) is 0. The minimum Gasteiger partial charge on any atom is -0.497 e. The third-order valence-electron chi connectivity index (χ3n) is 5.52. The van der Waals surface area contributed by atoms with E-state index in [0.717, 1.165) is 11.3 Å². The van der Waals surface area contributed by atoms with E-state index in [1.165, 1.54) is 4.90 Å². The van der Waals surface area contributed by atoms with Crippen LogP contribution < -0.4 is 14.6 Å². The molecule has 0 saturated carbocycles. The van der Waals surface area contributed by atoms with Crippen LogP contribution in [0, 0.1) is 5.92 Å². The van der Waals surface area contributed by atoms with Crippen molar-refractivity contribution in [3.05, 3.63) is 89.4 Å². The van der Waals surface area contributed by atoms with Crippen molar-refractivity contribution in [2.45, 2.75) is 6.04 Å². The van der Waals surface area contributed by atoms with Crippen LogP contribution in [0.25, 0.3) is 0 Å². The third kappa shape index (κ3) is 3.16. The summed E-state index contributed by atoms with van der Waals surface area (Å²) in [6.45, 7) is 0. The molecule has 2 aliphatic rings. The largest absolute Gasteiger partial charge is 0.497 e. The average Bonchev–Trinajstić information content (AvgIpc) is 3.31. The molecule has 0 N–H and O–H groups in total. The fourth-order valence-electron chi connectivity index (χ4n) is 4.08. The van der Waals surface area contributed by atoms with E-state index >= 15 is 0 Å². The molecule has 0 aromatic heterocycles. The Bertz CT molecular complexity index is 1190. The van der Waals surface area contributed by atoms with Crippen molar-refractivity contribution in [3.8, 4) is 5.75 Å². The second kappa shape index (κ2) is 7.56. The lowest BCUT2D eigenvalue weighted by Gasteiger charge is -2.22. The number of carbonyl (C=O) groups excluding carboxylic acids is 2. The number of imide groups is 1.